The average molecular weight is 409 g/mol. The van der Waals surface area contributed by atoms with Crippen molar-refractivity contribution in [3.63, 3.8) is 0 Å². The summed E-state index contributed by atoms with van der Waals surface area (Å²) in [5, 5.41) is 6.95. The zero-order chi connectivity index (χ0) is 21.5. The zero-order valence-electron chi connectivity index (χ0n) is 17.8. The predicted octanol–water partition coefficient (Wildman–Crippen LogP) is 2.85. The highest BCUT2D eigenvalue weighted by molar-refractivity contribution is 5.92. The largest absolute Gasteiger partial charge is 0.459 e. The first-order valence-electron chi connectivity index (χ1n) is 10.4. The van der Waals surface area contributed by atoms with Gasteiger partial charge in [-0.2, -0.15) is 0 Å². The van der Waals surface area contributed by atoms with E-state index in [2.05, 4.69) is 10.6 Å². The third-order valence-electron chi connectivity index (χ3n) is 5.09. The molecule has 0 saturated heterocycles. The molecule has 0 saturated carbocycles. The number of carbonyl (C=O) groups is 2. The molecule has 1 heterocycles. The van der Waals surface area contributed by atoms with Crippen molar-refractivity contribution in [3.8, 4) is 0 Å². The molecule has 0 aliphatic rings. The minimum atomic E-state index is -0.242. The number of fused-ring (bicyclic) bond motifs is 1. The van der Waals surface area contributed by atoms with Gasteiger partial charge in [0.05, 0.1) is 12.6 Å². The van der Waals surface area contributed by atoms with Gasteiger partial charge in [-0.15, -0.1) is 0 Å². The summed E-state index contributed by atoms with van der Waals surface area (Å²) in [7, 11) is 0. The van der Waals surface area contributed by atoms with Gasteiger partial charge >= 0.3 is 0 Å². The van der Waals surface area contributed by atoms with Gasteiger partial charge in [-0.25, -0.2) is 0 Å². The monoisotopic (exact) mass is 408 g/mol. The second-order valence-corrected chi connectivity index (χ2v) is 7.69. The summed E-state index contributed by atoms with van der Waals surface area (Å²) in [5.74, 6) is 0.528. The molecule has 0 bridgehead atoms. The number of amides is 2. The van der Waals surface area contributed by atoms with Gasteiger partial charge in [0.1, 0.15) is 11.3 Å². The molecule has 2 amide bonds. The number of carbonyl (C=O) groups excluding carboxylic acids is 2. The second kappa shape index (κ2) is 10.1. The summed E-state index contributed by atoms with van der Waals surface area (Å²) in [5.41, 5.74) is 2.63. The van der Waals surface area contributed by atoms with Crippen molar-refractivity contribution in [2.75, 3.05) is 25.0 Å². The summed E-state index contributed by atoms with van der Waals surface area (Å²) in [6, 6.07) is 17.2. The molecule has 0 radical (unpaired) electrons. The molecule has 0 aliphatic heterocycles. The van der Waals surface area contributed by atoms with E-state index in [0.717, 1.165) is 45.8 Å². The molecule has 3 aromatic rings. The van der Waals surface area contributed by atoms with E-state index in [1.807, 2.05) is 75.4 Å². The molecular weight excluding hydrogens is 378 g/mol. The maximum Gasteiger partial charge on any atom is 0.279 e. The first-order chi connectivity index (χ1) is 14.5. The van der Waals surface area contributed by atoms with Crippen LogP contribution in [-0.4, -0.2) is 31.4 Å². The number of nitrogens with one attached hydrogen (secondary N) is 3. The number of benzene rings is 2. The standard InChI is InChI=1S/C24H29N3O3/c1-4-13-27(16-24(29)26-20-11-7-5-9-17(20)2)15-23(28)25-18(3)22-14-19-10-6-8-12-21(19)30-22/h5-12,14,18H,4,13,15-16H2,1-3H3,(H,25,28)(H,26,29)/p+1/t18-/m1/s1. The minimum Gasteiger partial charge on any atom is -0.459 e. The van der Waals surface area contributed by atoms with Gasteiger partial charge in [-0.3, -0.25) is 9.59 Å². The van der Waals surface area contributed by atoms with E-state index < -0.39 is 0 Å². The van der Waals surface area contributed by atoms with Gasteiger partial charge in [-0.05, 0) is 44.0 Å². The van der Waals surface area contributed by atoms with E-state index in [0.29, 0.717) is 0 Å². The highest BCUT2D eigenvalue weighted by Crippen LogP contribution is 2.23. The minimum absolute atomic E-state index is 0.0918. The van der Waals surface area contributed by atoms with Crippen LogP contribution in [0.3, 0.4) is 0 Å². The van der Waals surface area contributed by atoms with E-state index in [9.17, 15) is 9.59 Å². The highest BCUT2D eigenvalue weighted by atomic mass is 16.3. The lowest BCUT2D eigenvalue weighted by molar-refractivity contribution is -0.883. The average Bonchev–Trinajstić information content (AvgIpc) is 3.14. The number of anilines is 1. The van der Waals surface area contributed by atoms with Crippen molar-refractivity contribution in [3.05, 3.63) is 65.9 Å². The maximum atomic E-state index is 12.6. The van der Waals surface area contributed by atoms with Gasteiger partial charge in [0.2, 0.25) is 0 Å². The third-order valence-corrected chi connectivity index (χ3v) is 5.09. The number of hydrogen-bond acceptors (Lipinski definition) is 3. The Morgan fingerprint density at radius 2 is 1.73 bits per heavy atom. The SMILES string of the molecule is CCC[NH+](CC(=O)Nc1ccccc1C)CC(=O)N[C@H](C)c1cc2ccccc2o1. The lowest BCUT2D eigenvalue weighted by Gasteiger charge is -2.19. The van der Waals surface area contributed by atoms with Gasteiger partial charge in [0.15, 0.2) is 13.1 Å². The van der Waals surface area contributed by atoms with Crippen LogP contribution in [0.1, 0.15) is 37.6 Å². The van der Waals surface area contributed by atoms with Crippen molar-refractivity contribution in [2.24, 2.45) is 0 Å². The fourth-order valence-electron chi connectivity index (χ4n) is 3.53. The molecule has 3 rings (SSSR count). The van der Waals surface area contributed by atoms with Crippen LogP contribution >= 0.6 is 0 Å². The van der Waals surface area contributed by atoms with Crippen LogP contribution in [0.25, 0.3) is 11.0 Å². The molecule has 6 nitrogen and oxygen atoms in total. The van der Waals surface area contributed by atoms with Gasteiger partial charge in [0, 0.05) is 11.1 Å². The lowest BCUT2D eigenvalue weighted by Crippen LogP contribution is -3.14. The lowest BCUT2D eigenvalue weighted by atomic mass is 10.2. The number of quaternary nitrogens is 1. The third kappa shape index (κ3) is 5.70. The molecule has 1 aromatic heterocycles. The Kier molecular flexibility index (Phi) is 7.25. The number of hydrogen-bond donors (Lipinski definition) is 3. The molecule has 3 N–H and O–H groups in total. The Labute approximate surface area is 177 Å². The van der Waals surface area contributed by atoms with Crippen LogP contribution in [0.4, 0.5) is 5.69 Å². The Morgan fingerprint density at radius 1 is 1.03 bits per heavy atom. The molecule has 0 fully saturated rings. The second-order valence-electron chi connectivity index (χ2n) is 7.69. The molecule has 30 heavy (non-hydrogen) atoms. The number of para-hydroxylation sites is 2. The van der Waals surface area contributed by atoms with E-state index in [4.69, 9.17) is 4.42 Å². The van der Waals surface area contributed by atoms with Crippen LogP contribution in [0.2, 0.25) is 0 Å². The fourth-order valence-corrected chi connectivity index (χ4v) is 3.53. The molecule has 1 unspecified atom stereocenters. The highest BCUT2D eigenvalue weighted by Gasteiger charge is 2.20. The van der Waals surface area contributed by atoms with Crippen molar-refractivity contribution in [1.29, 1.82) is 0 Å². The fraction of sp³-hybridized carbons (Fsp3) is 0.333. The van der Waals surface area contributed by atoms with Crippen LogP contribution in [0.15, 0.2) is 59.0 Å². The summed E-state index contributed by atoms with van der Waals surface area (Å²) in [6.07, 6.45) is 0.888. The van der Waals surface area contributed by atoms with Crippen molar-refractivity contribution < 1.29 is 18.9 Å². The molecule has 158 valence electrons. The van der Waals surface area contributed by atoms with Crippen molar-refractivity contribution in [2.45, 2.75) is 33.2 Å². The van der Waals surface area contributed by atoms with Crippen LogP contribution in [0, 0.1) is 6.92 Å². The number of furan rings is 1. The summed E-state index contributed by atoms with van der Waals surface area (Å²) in [4.78, 5) is 26.0. The molecule has 2 aromatic carbocycles. The maximum absolute atomic E-state index is 12.6. The van der Waals surface area contributed by atoms with Crippen molar-refractivity contribution >= 4 is 28.5 Å². The molecule has 6 heteroatoms. The molecular formula is C24H30N3O3+. The van der Waals surface area contributed by atoms with E-state index in [-0.39, 0.29) is 30.9 Å². The summed E-state index contributed by atoms with van der Waals surface area (Å²) in [6.45, 7) is 7.13. The van der Waals surface area contributed by atoms with Gasteiger partial charge in [0.25, 0.3) is 11.8 Å². The number of rotatable bonds is 9. The Morgan fingerprint density at radius 3 is 2.47 bits per heavy atom. The molecule has 2 atom stereocenters. The topological polar surface area (TPSA) is 75.8 Å². The van der Waals surface area contributed by atoms with Gasteiger partial charge in [-0.1, -0.05) is 43.3 Å². The number of aryl methyl sites for hydroxylation is 1. The van der Waals surface area contributed by atoms with Crippen LogP contribution in [-0.2, 0) is 9.59 Å². The Bertz CT molecular complexity index is 979. The summed E-state index contributed by atoms with van der Waals surface area (Å²) < 4.78 is 5.84. The first kappa shape index (κ1) is 21.6. The molecule has 0 aliphatic carbocycles. The Balaban J connectivity index is 1.56. The quantitative estimate of drug-likeness (QED) is 0.510. The smallest absolute Gasteiger partial charge is 0.279 e. The molecule has 0 spiro atoms. The van der Waals surface area contributed by atoms with Crippen molar-refractivity contribution in [1.82, 2.24) is 5.32 Å². The van der Waals surface area contributed by atoms with E-state index in [1.165, 1.54) is 0 Å². The predicted molar refractivity (Wildman–Crippen MR) is 118 cm³/mol. The van der Waals surface area contributed by atoms with Crippen LogP contribution in [0.5, 0.6) is 0 Å². The normalized spacial score (nSPS) is 13.0. The Hall–Kier alpha value is -3.12. The first-order valence-corrected chi connectivity index (χ1v) is 10.4. The summed E-state index contributed by atoms with van der Waals surface area (Å²) >= 11 is 0. The van der Waals surface area contributed by atoms with Crippen LogP contribution < -0.4 is 15.5 Å². The van der Waals surface area contributed by atoms with Gasteiger partial charge < -0.3 is 20.0 Å². The van der Waals surface area contributed by atoms with E-state index in [1.54, 1.807) is 0 Å². The van der Waals surface area contributed by atoms with E-state index >= 15 is 0 Å². The zero-order valence-corrected chi connectivity index (χ0v) is 17.8.